The zero-order valence-corrected chi connectivity index (χ0v) is 12.9. The Labute approximate surface area is 125 Å². The third-order valence-electron chi connectivity index (χ3n) is 2.54. The number of hydrogen-bond acceptors (Lipinski definition) is 4. The molecule has 0 saturated heterocycles. The second kappa shape index (κ2) is 6.85. The average Bonchev–Trinajstić information content (AvgIpc) is 2.87. The number of amides is 1. The molecule has 0 aliphatic rings. The lowest BCUT2D eigenvalue weighted by Gasteiger charge is -2.02. The monoisotopic (exact) mass is 310 g/mol. The Hall–Kier alpha value is -1.40. The van der Waals surface area contributed by atoms with Gasteiger partial charge in [0.1, 0.15) is 5.82 Å². The lowest BCUT2D eigenvalue weighted by Crippen LogP contribution is -2.13. The minimum absolute atomic E-state index is 0.107. The molecule has 106 valence electrons. The van der Waals surface area contributed by atoms with Crippen LogP contribution in [0.5, 0.6) is 0 Å². The molecule has 0 radical (unpaired) electrons. The van der Waals surface area contributed by atoms with Gasteiger partial charge in [-0.2, -0.15) is 0 Å². The highest BCUT2D eigenvalue weighted by atomic mass is 32.2. The molecular formula is C14H15FN2OS2. The number of carbonyl (C=O) groups is 1. The van der Waals surface area contributed by atoms with Gasteiger partial charge in [0.15, 0.2) is 5.13 Å². The number of hydrogen-bond donors (Lipinski definition) is 1. The van der Waals surface area contributed by atoms with Crippen molar-refractivity contribution in [2.24, 2.45) is 0 Å². The number of nitrogens with one attached hydrogen (secondary N) is 1. The first-order valence-corrected chi connectivity index (χ1v) is 8.05. The minimum atomic E-state index is -0.275. The summed E-state index contributed by atoms with van der Waals surface area (Å²) in [6.45, 7) is 4.12. The van der Waals surface area contributed by atoms with E-state index in [0.29, 0.717) is 11.0 Å². The second-order valence-electron chi connectivity index (χ2n) is 4.52. The van der Waals surface area contributed by atoms with Crippen LogP contribution < -0.4 is 5.32 Å². The summed E-state index contributed by atoms with van der Waals surface area (Å²) in [5.74, 6) is 0.250. The zero-order valence-electron chi connectivity index (χ0n) is 11.2. The summed E-state index contributed by atoms with van der Waals surface area (Å²) in [4.78, 5) is 17.0. The predicted octanol–water partition coefficient (Wildman–Crippen LogP) is 4.14. The maximum Gasteiger partial charge on any atom is 0.236 e. The van der Waals surface area contributed by atoms with Crippen LogP contribution in [-0.2, 0) is 4.79 Å². The molecule has 0 bridgehead atoms. The zero-order chi connectivity index (χ0) is 14.5. The summed E-state index contributed by atoms with van der Waals surface area (Å²) in [6.07, 6.45) is 0. The van der Waals surface area contributed by atoms with Gasteiger partial charge < -0.3 is 5.32 Å². The SMILES string of the molecule is CC(C)c1csc(NC(=O)CSc2ccc(F)cc2)n1. The molecular weight excluding hydrogens is 295 g/mol. The standard InChI is InChI=1S/C14H15FN2OS2/c1-9(2)12-7-20-14(16-12)17-13(18)8-19-11-5-3-10(15)4-6-11/h3-7,9H,8H2,1-2H3,(H,16,17,18). The van der Waals surface area contributed by atoms with Crippen LogP contribution in [0.25, 0.3) is 0 Å². The number of anilines is 1. The average molecular weight is 310 g/mol. The molecule has 6 heteroatoms. The van der Waals surface area contributed by atoms with Crippen molar-refractivity contribution in [2.45, 2.75) is 24.7 Å². The molecule has 1 N–H and O–H groups in total. The molecule has 1 amide bonds. The van der Waals surface area contributed by atoms with E-state index < -0.39 is 0 Å². The van der Waals surface area contributed by atoms with Crippen molar-refractivity contribution in [2.75, 3.05) is 11.1 Å². The Balaban J connectivity index is 1.84. The molecule has 1 aromatic heterocycles. The van der Waals surface area contributed by atoms with Gasteiger partial charge in [0.05, 0.1) is 11.4 Å². The highest BCUT2D eigenvalue weighted by Crippen LogP contribution is 2.22. The number of carbonyl (C=O) groups excluding carboxylic acids is 1. The quantitative estimate of drug-likeness (QED) is 0.844. The van der Waals surface area contributed by atoms with Crippen molar-refractivity contribution in [1.29, 1.82) is 0 Å². The van der Waals surface area contributed by atoms with Crippen LogP contribution in [-0.4, -0.2) is 16.6 Å². The van der Waals surface area contributed by atoms with Crippen molar-refractivity contribution >= 4 is 34.1 Å². The molecule has 0 aliphatic carbocycles. The van der Waals surface area contributed by atoms with Crippen LogP contribution in [0, 0.1) is 5.82 Å². The van der Waals surface area contributed by atoms with E-state index >= 15 is 0 Å². The summed E-state index contributed by atoms with van der Waals surface area (Å²) < 4.78 is 12.7. The number of thiazole rings is 1. The minimum Gasteiger partial charge on any atom is -0.301 e. The molecule has 3 nitrogen and oxygen atoms in total. The Morgan fingerprint density at radius 1 is 1.40 bits per heavy atom. The first-order valence-electron chi connectivity index (χ1n) is 6.18. The number of benzene rings is 1. The van der Waals surface area contributed by atoms with E-state index in [1.165, 1.54) is 35.2 Å². The van der Waals surface area contributed by atoms with Crippen molar-refractivity contribution in [1.82, 2.24) is 4.98 Å². The Bertz CT molecular complexity index is 581. The molecule has 20 heavy (non-hydrogen) atoms. The summed E-state index contributed by atoms with van der Waals surface area (Å²) in [6, 6.07) is 6.09. The van der Waals surface area contributed by atoms with Crippen molar-refractivity contribution in [3.63, 3.8) is 0 Å². The first kappa shape index (κ1) is 15.0. The van der Waals surface area contributed by atoms with Gasteiger partial charge in [-0.3, -0.25) is 4.79 Å². The van der Waals surface area contributed by atoms with E-state index in [1.807, 2.05) is 5.38 Å². The van der Waals surface area contributed by atoms with Crippen LogP contribution in [0.3, 0.4) is 0 Å². The van der Waals surface area contributed by atoms with Gasteiger partial charge in [-0.15, -0.1) is 23.1 Å². The van der Waals surface area contributed by atoms with Crippen molar-refractivity contribution < 1.29 is 9.18 Å². The van der Waals surface area contributed by atoms with Gasteiger partial charge in [-0.25, -0.2) is 9.37 Å². The molecule has 0 unspecified atom stereocenters. The second-order valence-corrected chi connectivity index (χ2v) is 6.43. The van der Waals surface area contributed by atoms with Gasteiger partial charge in [-0.1, -0.05) is 13.8 Å². The van der Waals surface area contributed by atoms with Crippen LogP contribution >= 0.6 is 23.1 Å². The van der Waals surface area contributed by atoms with E-state index in [4.69, 9.17) is 0 Å². The third-order valence-corrected chi connectivity index (χ3v) is 4.33. The van der Waals surface area contributed by atoms with Crippen molar-refractivity contribution in [3.8, 4) is 0 Å². The molecule has 0 aliphatic heterocycles. The van der Waals surface area contributed by atoms with Gasteiger partial charge in [-0.05, 0) is 30.2 Å². The Morgan fingerprint density at radius 2 is 2.10 bits per heavy atom. The Kier molecular flexibility index (Phi) is 5.14. The van der Waals surface area contributed by atoms with E-state index in [1.54, 1.807) is 12.1 Å². The van der Waals surface area contributed by atoms with Crippen LogP contribution in [0.4, 0.5) is 9.52 Å². The highest BCUT2D eigenvalue weighted by Gasteiger charge is 2.09. The maximum atomic E-state index is 12.7. The molecule has 2 aromatic rings. The molecule has 0 spiro atoms. The molecule has 0 saturated carbocycles. The van der Waals surface area contributed by atoms with Crippen molar-refractivity contribution in [3.05, 3.63) is 41.2 Å². The molecule has 1 aromatic carbocycles. The normalized spacial score (nSPS) is 10.8. The lowest BCUT2D eigenvalue weighted by molar-refractivity contribution is -0.113. The topological polar surface area (TPSA) is 42.0 Å². The van der Waals surface area contributed by atoms with Crippen LogP contribution in [0.15, 0.2) is 34.5 Å². The highest BCUT2D eigenvalue weighted by molar-refractivity contribution is 8.00. The van der Waals surface area contributed by atoms with Gasteiger partial charge >= 0.3 is 0 Å². The van der Waals surface area contributed by atoms with Crippen LogP contribution in [0.2, 0.25) is 0 Å². The smallest absolute Gasteiger partial charge is 0.236 e. The summed E-state index contributed by atoms with van der Waals surface area (Å²) >= 11 is 2.80. The van der Waals surface area contributed by atoms with E-state index in [9.17, 15) is 9.18 Å². The van der Waals surface area contributed by atoms with Gasteiger partial charge in [0.25, 0.3) is 0 Å². The van der Waals surface area contributed by atoms with Gasteiger partial charge in [0, 0.05) is 10.3 Å². The summed E-state index contributed by atoms with van der Waals surface area (Å²) in [7, 11) is 0. The van der Waals surface area contributed by atoms with E-state index in [0.717, 1.165) is 10.6 Å². The molecule has 0 atom stereocenters. The Morgan fingerprint density at radius 3 is 2.70 bits per heavy atom. The maximum absolute atomic E-state index is 12.7. The molecule has 1 heterocycles. The first-order chi connectivity index (χ1) is 9.54. The number of thioether (sulfide) groups is 1. The van der Waals surface area contributed by atoms with E-state index in [-0.39, 0.29) is 17.5 Å². The largest absolute Gasteiger partial charge is 0.301 e. The molecule has 2 rings (SSSR count). The summed E-state index contributed by atoms with van der Waals surface area (Å²) in [5, 5.41) is 5.35. The van der Waals surface area contributed by atoms with E-state index in [2.05, 4.69) is 24.1 Å². The molecule has 0 fully saturated rings. The number of aromatic nitrogens is 1. The lowest BCUT2D eigenvalue weighted by atomic mass is 10.2. The summed E-state index contributed by atoms with van der Waals surface area (Å²) in [5.41, 5.74) is 0.983. The fraction of sp³-hybridized carbons (Fsp3) is 0.286. The number of nitrogens with zero attached hydrogens (tertiary/aromatic N) is 1. The number of rotatable bonds is 5. The fourth-order valence-electron chi connectivity index (χ4n) is 1.44. The number of halogens is 1. The van der Waals surface area contributed by atoms with Gasteiger partial charge in [0.2, 0.25) is 5.91 Å². The third kappa shape index (κ3) is 4.31. The van der Waals surface area contributed by atoms with Crippen LogP contribution in [0.1, 0.15) is 25.5 Å². The fourth-order valence-corrected chi connectivity index (χ4v) is 3.03. The predicted molar refractivity (Wildman–Crippen MR) is 82.0 cm³/mol.